The van der Waals surface area contributed by atoms with Crippen molar-refractivity contribution in [1.29, 1.82) is 5.26 Å². The van der Waals surface area contributed by atoms with E-state index in [4.69, 9.17) is 16.9 Å². The summed E-state index contributed by atoms with van der Waals surface area (Å²) in [5.41, 5.74) is 4.23. The van der Waals surface area contributed by atoms with Crippen LogP contribution in [0.1, 0.15) is 36.0 Å². The molecule has 2 aromatic carbocycles. The highest BCUT2D eigenvalue weighted by atomic mass is 35.5. The van der Waals surface area contributed by atoms with Crippen LogP contribution >= 0.6 is 24.2 Å². The van der Waals surface area contributed by atoms with Crippen molar-refractivity contribution in [2.24, 2.45) is 4.99 Å². The number of halogens is 1. The van der Waals surface area contributed by atoms with Gasteiger partial charge in [-0.2, -0.15) is 5.26 Å². The lowest BCUT2D eigenvalue weighted by Gasteiger charge is -2.11. The van der Waals surface area contributed by atoms with Gasteiger partial charge in [0.2, 0.25) is 0 Å². The third-order valence-electron chi connectivity index (χ3n) is 5.09. The van der Waals surface area contributed by atoms with E-state index in [2.05, 4.69) is 47.6 Å². The molecule has 0 atom stereocenters. The number of hydrogen-bond acceptors (Lipinski definition) is 5. The van der Waals surface area contributed by atoms with Crippen molar-refractivity contribution >= 4 is 30.9 Å². The topological polar surface area (TPSA) is 60.2 Å². The Kier molecular flexibility index (Phi) is 12.1. The van der Waals surface area contributed by atoms with Crippen LogP contribution in [-0.2, 0) is 13.0 Å². The van der Waals surface area contributed by atoms with Gasteiger partial charge in [0.05, 0.1) is 22.2 Å². The predicted molar refractivity (Wildman–Crippen MR) is 144 cm³/mol. The molecule has 0 bridgehead atoms. The van der Waals surface area contributed by atoms with Crippen LogP contribution in [0, 0.1) is 11.3 Å². The molecule has 172 valence electrons. The third-order valence-corrected chi connectivity index (χ3v) is 5.96. The fourth-order valence-electron chi connectivity index (χ4n) is 3.20. The molecule has 0 spiro atoms. The minimum atomic E-state index is 0.671. The average Bonchev–Trinajstić information content (AvgIpc) is 2.84. The summed E-state index contributed by atoms with van der Waals surface area (Å²) in [4.78, 5) is 4.76. The summed E-state index contributed by atoms with van der Waals surface area (Å²) in [5.74, 6) is 0. The fourth-order valence-corrected chi connectivity index (χ4v) is 3.64. The van der Waals surface area contributed by atoms with Crippen molar-refractivity contribution < 1.29 is 0 Å². The fraction of sp³-hybridized carbons (Fsp3) is 0.259. The molecule has 33 heavy (non-hydrogen) atoms. The summed E-state index contributed by atoms with van der Waals surface area (Å²) in [6.45, 7) is 10.2. The molecule has 2 N–H and O–H groups in total. The van der Waals surface area contributed by atoms with Crippen LogP contribution in [-0.4, -0.2) is 19.8 Å². The van der Waals surface area contributed by atoms with E-state index in [1.165, 1.54) is 0 Å². The van der Waals surface area contributed by atoms with Crippen LogP contribution in [0.3, 0.4) is 0 Å². The zero-order valence-electron chi connectivity index (χ0n) is 18.9. The van der Waals surface area contributed by atoms with Crippen LogP contribution in [0.4, 0.5) is 0 Å². The molecule has 2 aromatic rings. The lowest BCUT2D eigenvalue weighted by molar-refractivity contribution is 0.592. The van der Waals surface area contributed by atoms with Gasteiger partial charge in [0.25, 0.3) is 0 Å². The second-order valence-electron chi connectivity index (χ2n) is 7.50. The summed E-state index contributed by atoms with van der Waals surface area (Å²) in [6.07, 6.45) is 7.77. The second kappa shape index (κ2) is 15.1. The van der Waals surface area contributed by atoms with Gasteiger partial charge in [-0.05, 0) is 61.9 Å². The largest absolute Gasteiger partial charge is 0.385 e. The van der Waals surface area contributed by atoms with E-state index in [0.717, 1.165) is 59.8 Å². The maximum atomic E-state index is 9.13. The highest BCUT2D eigenvalue weighted by Gasteiger charge is 2.04. The second-order valence-corrected chi connectivity index (χ2v) is 8.36. The molecular formula is C27H31ClN4S. The predicted octanol–water partition coefficient (Wildman–Crippen LogP) is 6.22. The molecule has 4 nitrogen and oxygen atoms in total. The van der Waals surface area contributed by atoms with Gasteiger partial charge >= 0.3 is 0 Å². The van der Waals surface area contributed by atoms with E-state index in [1.54, 1.807) is 0 Å². The molecule has 0 saturated carbocycles. The summed E-state index contributed by atoms with van der Waals surface area (Å²) in [7, 11) is 0. The van der Waals surface area contributed by atoms with Crippen LogP contribution in [0.2, 0.25) is 5.02 Å². The Balaban J connectivity index is 1.67. The van der Waals surface area contributed by atoms with Crippen molar-refractivity contribution in [3.63, 3.8) is 0 Å². The van der Waals surface area contributed by atoms with Crippen LogP contribution in [0.25, 0.3) is 0 Å². The zero-order valence-corrected chi connectivity index (χ0v) is 20.5. The first-order valence-corrected chi connectivity index (χ1v) is 11.8. The summed E-state index contributed by atoms with van der Waals surface area (Å²) >= 11 is 10.8. The molecule has 2 rings (SSSR count). The molecular weight excluding hydrogens is 448 g/mol. The van der Waals surface area contributed by atoms with Gasteiger partial charge in [-0.15, -0.1) is 12.6 Å². The van der Waals surface area contributed by atoms with Crippen LogP contribution < -0.4 is 10.6 Å². The Morgan fingerprint density at radius 3 is 2.48 bits per heavy atom. The first-order valence-electron chi connectivity index (χ1n) is 11.0. The number of benzene rings is 2. The van der Waals surface area contributed by atoms with E-state index in [0.29, 0.717) is 23.6 Å². The SMILES string of the molecule is C=NC(/C=C/Cc1ccccc1Cl)=C(/S)C(=C)NCCCCCNCc1ccccc1C#N. The molecule has 0 aliphatic rings. The average molecular weight is 479 g/mol. The summed E-state index contributed by atoms with van der Waals surface area (Å²) in [5, 5.41) is 16.6. The van der Waals surface area contributed by atoms with Gasteiger partial charge in [0.1, 0.15) is 0 Å². The Hall–Kier alpha value is -2.78. The number of nitriles is 1. The molecule has 6 heteroatoms. The highest BCUT2D eigenvalue weighted by molar-refractivity contribution is 7.84. The Morgan fingerprint density at radius 2 is 1.76 bits per heavy atom. The van der Waals surface area contributed by atoms with E-state index in [1.807, 2.05) is 60.7 Å². The molecule has 0 unspecified atom stereocenters. The Morgan fingerprint density at radius 1 is 1.06 bits per heavy atom. The van der Waals surface area contributed by atoms with Crippen molar-refractivity contribution in [1.82, 2.24) is 10.6 Å². The Bertz CT molecular complexity index is 1040. The monoisotopic (exact) mass is 478 g/mol. The molecule has 0 radical (unpaired) electrons. The lowest BCUT2D eigenvalue weighted by Crippen LogP contribution is -2.17. The van der Waals surface area contributed by atoms with Gasteiger partial charge < -0.3 is 10.6 Å². The summed E-state index contributed by atoms with van der Waals surface area (Å²) < 4.78 is 0. The first-order chi connectivity index (χ1) is 16.1. The maximum absolute atomic E-state index is 9.13. The van der Waals surface area contributed by atoms with E-state index in [-0.39, 0.29) is 0 Å². The molecule has 0 aliphatic heterocycles. The first kappa shape index (κ1) is 26.5. The Labute approximate surface area is 208 Å². The number of hydrogen-bond donors (Lipinski definition) is 3. The van der Waals surface area contributed by atoms with Gasteiger partial charge in [-0.3, -0.25) is 4.99 Å². The minimum absolute atomic E-state index is 0.671. The standard InChI is InChI=1S/C27H31ClN4S/c1-21(27(33)26(30-2)16-10-14-22-11-6-7-15-25(22)28)32-18-9-3-8-17-31-20-24-13-5-4-12-23(24)19-29/h4-7,10-13,15-16,31-33H,1-3,8-9,14,17-18,20H2/b16-10+,27-26+. The van der Waals surface area contributed by atoms with Gasteiger partial charge in [0, 0.05) is 23.8 Å². The summed E-state index contributed by atoms with van der Waals surface area (Å²) in [6, 6.07) is 17.7. The van der Waals surface area contributed by atoms with E-state index in [9.17, 15) is 0 Å². The molecule has 0 aliphatic carbocycles. The maximum Gasteiger partial charge on any atom is 0.0995 e. The van der Waals surface area contributed by atoms with Crippen molar-refractivity contribution in [2.75, 3.05) is 13.1 Å². The van der Waals surface area contributed by atoms with Crippen molar-refractivity contribution in [3.8, 4) is 6.07 Å². The number of unbranched alkanes of at least 4 members (excludes halogenated alkanes) is 2. The minimum Gasteiger partial charge on any atom is -0.385 e. The van der Waals surface area contributed by atoms with Gasteiger partial charge in [-0.25, -0.2) is 0 Å². The third kappa shape index (κ3) is 9.31. The molecule has 0 amide bonds. The van der Waals surface area contributed by atoms with Crippen molar-refractivity contribution in [3.05, 3.63) is 105 Å². The van der Waals surface area contributed by atoms with E-state index >= 15 is 0 Å². The normalized spacial score (nSPS) is 11.7. The quantitative estimate of drug-likeness (QED) is 0.131. The van der Waals surface area contributed by atoms with Crippen LogP contribution in [0.15, 0.2) is 88.6 Å². The lowest BCUT2D eigenvalue weighted by atomic mass is 10.1. The number of thiol groups is 1. The number of rotatable bonds is 14. The van der Waals surface area contributed by atoms with Gasteiger partial charge in [0.15, 0.2) is 0 Å². The molecule has 0 fully saturated rings. The number of allylic oxidation sites excluding steroid dienone is 2. The van der Waals surface area contributed by atoms with Gasteiger partial charge in [-0.1, -0.05) is 67.1 Å². The number of nitrogens with one attached hydrogen (secondary N) is 2. The van der Waals surface area contributed by atoms with Crippen molar-refractivity contribution in [2.45, 2.75) is 32.2 Å². The number of aliphatic imine (C=N–C) groups is 1. The molecule has 0 saturated heterocycles. The zero-order chi connectivity index (χ0) is 23.9. The molecule has 0 heterocycles. The molecule has 0 aromatic heterocycles. The van der Waals surface area contributed by atoms with E-state index < -0.39 is 0 Å². The number of nitrogens with zero attached hydrogens (tertiary/aromatic N) is 2. The van der Waals surface area contributed by atoms with Crippen LogP contribution in [0.5, 0.6) is 0 Å². The highest BCUT2D eigenvalue weighted by Crippen LogP contribution is 2.20. The smallest absolute Gasteiger partial charge is 0.0995 e.